The van der Waals surface area contributed by atoms with Gasteiger partial charge in [0, 0.05) is 6.54 Å². The molecule has 1 aromatic rings. The van der Waals surface area contributed by atoms with E-state index in [-0.39, 0.29) is 6.54 Å². The summed E-state index contributed by atoms with van der Waals surface area (Å²) in [6.45, 7) is 1.42. The molecule has 2 atom stereocenters. The number of rotatable bonds is 4. The molecule has 0 aliphatic heterocycles. The second-order valence-electron chi connectivity index (χ2n) is 3.68. The quantitative estimate of drug-likeness (QED) is 0.799. The molecule has 0 spiro atoms. The van der Waals surface area contributed by atoms with Gasteiger partial charge in [-0.15, -0.1) is 0 Å². The van der Waals surface area contributed by atoms with Crippen LogP contribution in [0.3, 0.4) is 0 Å². The third kappa shape index (κ3) is 2.73. The summed E-state index contributed by atoms with van der Waals surface area (Å²) in [7, 11) is 1.60. The molecule has 0 heterocycles. The maximum absolute atomic E-state index is 13.6. The molecule has 1 aromatic carbocycles. The van der Waals surface area contributed by atoms with Crippen LogP contribution in [0.4, 0.5) is 8.78 Å². The van der Waals surface area contributed by atoms with Gasteiger partial charge in [0.25, 0.3) is 0 Å². The molecule has 0 unspecified atom stereocenters. The van der Waals surface area contributed by atoms with E-state index in [1.54, 1.807) is 7.05 Å². The van der Waals surface area contributed by atoms with Crippen LogP contribution in [-0.4, -0.2) is 24.9 Å². The Kier molecular flexibility index (Phi) is 3.77. The van der Waals surface area contributed by atoms with E-state index in [0.29, 0.717) is 5.56 Å². The van der Waals surface area contributed by atoms with Crippen LogP contribution in [-0.2, 0) is 5.60 Å². The Morgan fingerprint density at radius 2 is 1.93 bits per heavy atom. The van der Waals surface area contributed by atoms with E-state index in [4.69, 9.17) is 0 Å². The third-order valence-electron chi connectivity index (χ3n) is 2.42. The summed E-state index contributed by atoms with van der Waals surface area (Å²) < 4.78 is 26.2. The first-order chi connectivity index (χ1) is 6.98. The predicted octanol–water partition coefficient (Wildman–Crippen LogP) is 1.59. The van der Waals surface area contributed by atoms with Crippen LogP contribution in [0.2, 0.25) is 0 Å². The third-order valence-corrected chi connectivity index (χ3v) is 2.42. The Labute approximate surface area is 87.9 Å². The second-order valence-corrected chi connectivity index (χ2v) is 3.68. The van der Waals surface area contributed by atoms with Crippen LogP contribution in [0.25, 0.3) is 0 Å². The highest BCUT2D eigenvalue weighted by atomic mass is 19.1. The van der Waals surface area contributed by atoms with Crippen LogP contribution < -0.4 is 5.32 Å². The molecule has 0 saturated heterocycles. The van der Waals surface area contributed by atoms with E-state index in [1.165, 1.54) is 31.2 Å². The molecule has 4 heteroatoms. The first-order valence-corrected chi connectivity index (χ1v) is 4.75. The van der Waals surface area contributed by atoms with Gasteiger partial charge in [-0.05, 0) is 31.7 Å². The van der Waals surface area contributed by atoms with Crippen molar-refractivity contribution in [3.8, 4) is 0 Å². The Balaban J connectivity index is 2.89. The Morgan fingerprint density at radius 1 is 1.40 bits per heavy atom. The molecule has 0 radical (unpaired) electrons. The summed E-state index contributed by atoms with van der Waals surface area (Å²) in [6, 6.07) is 5.18. The van der Waals surface area contributed by atoms with E-state index in [9.17, 15) is 13.9 Å². The average molecular weight is 215 g/mol. The fraction of sp³-hybridized carbons (Fsp3) is 0.455. The largest absolute Gasteiger partial charge is 0.382 e. The van der Waals surface area contributed by atoms with Gasteiger partial charge in [-0.3, -0.25) is 0 Å². The molecule has 0 fully saturated rings. The molecule has 0 aliphatic carbocycles. The molecule has 2 nitrogen and oxygen atoms in total. The fourth-order valence-corrected chi connectivity index (χ4v) is 1.35. The van der Waals surface area contributed by atoms with E-state index >= 15 is 0 Å². The number of hydrogen-bond donors (Lipinski definition) is 2. The number of aliphatic hydroxyl groups is 1. The minimum absolute atomic E-state index is 0.0460. The molecule has 0 aromatic heterocycles. The van der Waals surface area contributed by atoms with Gasteiger partial charge in [0.05, 0.1) is 0 Å². The number of benzene rings is 1. The molecule has 15 heavy (non-hydrogen) atoms. The van der Waals surface area contributed by atoms with Crippen LogP contribution in [0.15, 0.2) is 24.3 Å². The van der Waals surface area contributed by atoms with Gasteiger partial charge in [-0.25, -0.2) is 8.78 Å². The molecular weight excluding hydrogens is 200 g/mol. The zero-order chi connectivity index (χ0) is 11.5. The van der Waals surface area contributed by atoms with Crippen LogP contribution >= 0.6 is 0 Å². The lowest BCUT2D eigenvalue weighted by atomic mass is 9.91. The molecule has 84 valence electrons. The molecule has 0 saturated carbocycles. The molecule has 1 rings (SSSR count). The van der Waals surface area contributed by atoms with Gasteiger partial charge >= 0.3 is 0 Å². The van der Waals surface area contributed by atoms with Crippen molar-refractivity contribution in [2.45, 2.75) is 18.7 Å². The first-order valence-electron chi connectivity index (χ1n) is 4.75. The molecule has 0 amide bonds. The van der Waals surface area contributed by atoms with Crippen molar-refractivity contribution < 1.29 is 13.9 Å². The summed E-state index contributed by atoms with van der Waals surface area (Å²) >= 11 is 0. The number of alkyl halides is 1. The van der Waals surface area contributed by atoms with Gasteiger partial charge < -0.3 is 10.4 Å². The van der Waals surface area contributed by atoms with Gasteiger partial charge in [0.2, 0.25) is 0 Å². The zero-order valence-electron chi connectivity index (χ0n) is 8.80. The fourth-order valence-electron chi connectivity index (χ4n) is 1.35. The smallest absolute Gasteiger partial charge is 0.145 e. The lowest BCUT2D eigenvalue weighted by Crippen LogP contribution is -2.39. The minimum atomic E-state index is -1.60. The highest BCUT2D eigenvalue weighted by Crippen LogP contribution is 2.26. The molecule has 0 aliphatic rings. The normalized spacial score (nSPS) is 17.1. The van der Waals surface area contributed by atoms with Crippen LogP contribution in [0.5, 0.6) is 0 Å². The Hall–Kier alpha value is -1.00. The Morgan fingerprint density at radius 3 is 2.40 bits per heavy atom. The van der Waals surface area contributed by atoms with E-state index in [0.717, 1.165) is 0 Å². The van der Waals surface area contributed by atoms with Crippen molar-refractivity contribution in [1.29, 1.82) is 0 Å². The van der Waals surface area contributed by atoms with Gasteiger partial charge in [0.1, 0.15) is 17.6 Å². The van der Waals surface area contributed by atoms with Gasteiger partial charge in [-0.2, -0.15) is 0 Å². The maximum Gasteiger partial charge on any atom is 0.145 e. The maximum atomic E-state index is 13.6. The van der Waals surface area contributed by atoms with Crippen molar-refractivity contribution in [3.05, 3.63) is 35.6 Å². The SMILES string of the molecule is CNC[C@H](F)[C@](C)(O)c1ccc(F)cc1. The van der Waals surface area contributed by atoms with Gasteiger partial charge in [0.15, 0.2) is 0 Å². The van der Waals surface area contributed by atoms with Crippen molar-refractivity contribution in [3.63, 3.8) is 0 Å². The number of nitrogens with one attached hydrogen (secondary N) is 1. The average Bonchev–Trinajstić information content (AvgIpc) is 2.18. The second kappa shape index (κ2) is 4.68. The predicted molar refractivity (Wildman–Crippen MR) is 54.8 cm³/mol. The molecule has 0 bridgehead atoms. The highest BCUT2D eigenvalue weighted by Gasteiger charge is 2.33. The summed E-state index contributed by atoms with van der Waals surface area (Å²) in [5, 5.41) is 12.6. The highest BCUT2D eigenvalue weighted by molar-refractivity contribution is 5.23. The summed E-state index contributed by atoms with van der Waals surface area (Å²) in [5.74, 6) is -0.404. The monoisotopic (exact) mass is 215 g/mol. The van der Waals surface area contributed by atoms with Crippen LogP contribution in [0.1, 0.15) is 12.5 Å². The lowest BCUT2D eigenvalue weighted by molar-refractivity contribution is -0.0229. The van der Waals surface area contributed by atoms with Crippen molar-refractivity contribution in [1.82, 2.24) is 5.32 Å². The van der Waals surface area contributed by atoms with Gasteiger partial charge in [-0.1, -0.05) is 12.1 Å². The van der Waals surface area contributed by atoms with Crippen molar-refractivity contribution >= 4 is 0 Å². The zero-order valence-corrected chi connectivity index (χ0v) is 8.80. The standard InChI is InChI=1S/C11H15F2NO/c1-11(15,10(13)7-14-2)8-3-5-9(12)6-4-8/h3-6,10,14-15H,7H2,1-2H3/t10-,11+/m0/s1. The number of hydrogen-bond acceptors (Lipinski definition) is 2. The van der Waals surface area contributed by atoms with Crippen molar-refractivity contribution in [2.24, 2.45) is 0 Å². The van der Waals surface area contributed by atoms with E-state index < -0.39 is 17.6 Å². The summed E-state index contributed by atoms with van der Waals surface area (Å²) in [6.07, 6.45) is -1.44. The topological polar surface area (TPSA) is 32.3 Å². The molecular formula is C11H15F2NO. The minimum Gasteiger partial charge on any atom is -0.382 e. The summed E-state index contributed by atoms with van der Waals surface area (Å²) in [4.78, 5) is 0. The molecule has 2 N–H and O–H groups in total. The van der Waals surface area contributed by atoms with Crippen molar-refractivity contribution in [2.75, 3.05) is 13.6 Å². The number of halogens is 2. The first kappa shape index (κ1) is 12.1. The Bertz CT molecular complexity index is 311. The van der Waals surface area contributed by atoms with E-state index in [2.05, 4.69) is 5.32 Å². The van der Waals surface area contributed by atoms with E-state index in [1.807, 2.05) is 0 Å². The van der Waals surface area contributed by atoms with Crippen LogP contribution in [0, 0.1) is 5.82 Å². The summed E-state index contributed by atoms with van der Waals surface area (Å²) in [5.41, 5.74) is -1.23. The lowest BCUT2D eigenvalue weighted by Gasteiger charge is -2.27.